The van der Waals surface area contributed by atoms with Crippen molar-refractivity contribution in [1.29, 1.82) is 0 Å². The van der Waals surface area contributed by atoms with E-state index in [9.17, 15) is 4.79 Å². The van der Waals surface area contributed by atoms with E-state index in [1.165, 1.54) is 0 Å². The smallest absolute Gasteiger partial charge is 0.237 e. The molecule has 0 fully saturated rings. The molecule has 0 saturated heterocycles. The first-order chi connectivity index (χ1) is 6.49. The fraction of sp³-hybridized carbons (Fsp3) is 0.900. The summed E-state index contributed by atoms with van der Waals surface area (Å²) in [6.45, 7) is 5.93. The number of nitrogens with one attached hydrogen (secondary N) is 1. The molecule has 1 amide bonds. The fourth-order valence-corrected chi connectivity index (χ4v) is 1.60. The average molecular weight is 218 g/mol. The molecule has 0 aliphatic carbocycles. The number of hydrogen-bond acceptors (Lipinski definition) is 3. The minimum absolute atomic E-state index is 0.0337. The molecule has 0 aliphatic heterocycles. The van der Waals surface area contributed by atoms with Gasteiger partial charge in [-0.15, -0.1) is 0 Å². The zero-order valence-corrected chi connectivity index (χ0v) is 10.4. The predicted octanol–water partition coefficient (Wildman–Crippen LogP) is 1.23. The van der Waals surface area contributed by atoms with E-state index in [4.69, 9.17) is 5.73 Å². The Balaban J connectivity index is 3.81. The van der Waals surface area contributed by atoms with E-state index in [0.717, 1.165) is 12.2 Å². The summed E-state index contributed by atoms with van der Waals surface area (Å²) in [5.74, 6) is 1.23. The van der Waals surface area contributed by atoms with Crippen LogP contribution in [0.4, 0.5) is 0 Å². The molecule has 0 rings (SSSR count). The maximum absolute atomic E-state index is 11.5. The van der Waals surface area contributed by atoms with Gasteiger partial charge in [-0.25, -0.2) is 0 Å². The zero-order chi connectivity index (χ0) is 11.1. The average Bonchev–Trinajstić information content (AvgIpc) is 2.13. The van der Waals surface area contributed by atoms with Crippen molar-refractivity contribution < 1.29 is 4.79 Å². The van der Waals surface area contributed by atoms with Crippen LogP contribution in [-0.4, -0.2) is 30.0 Å². The second-order valence-corrected chi connectivity index (χ2v) is 4.95. The lowest BCUT2D eigenvalue weighted by molar-refractivity contribution is -0.123. The van der Waals surface area contributed by atoms with Crippen molar-refractivity contribution in [2.24, 2.45) is 11.7 Å². The predicted molar refractivity (Wildman–Crippen MR) is 63.4 cm³/mol. The van der Waals surface area contributed by atoms with Gasteiger partial charge in [-0.1, -0.05) is 13.8 Å². The van der Waals surface area contributed by atoms with Gasteiger partial charge in [0.1, 0.15) is 0 Å². The number of amides is 1. The van der Waals surface area contributed by atoms with Crippen molar-refractivity contribution in [3.63, 3.8) is 0 Å². The second-order valence-electron chi connectivity index (χ2n) is 3.96. The Kier molecular flexibility index (Phi) is 7.01. The lowest BCUT2D eigenvalue weighted by atomic mass is 10.0. The fourth-order valence-electron chi connectivity index (χ4n) is 1.01. The molecule has 4 heteroatoms. The van der Waals surface area contributed by atoms with Crippen molar-refractivity contribution in [3.8, 4) is 0 Å². The molecule has 84 valence electrons. The zero-order valence-electron chi connectivity index (χ0n) is 9.54. The Hall–Kier alpha value is -0.220. The van der Waals surface area contributed by atoms with Crippen LogP contribution in [-0.2, 0) is 4.79 Å². The van der Waals surface area contributed by atoms with Gasteiger partial charge in [0.05, 0.1) is 6.04 Å². The Morgan fingerprint density at radius 2 is 2.00 bits per heavy atom. The van der Waals surface area contributed by atoms with E-state index in [1.54, 1.807) is 11.8 Å². The van der Waals surface area contributed by atoms with E-state index < -0.39 is 0 Å². The molecule has 0 spiro atoms. The third-order valence-electron chi connectivity index (χ3n) is 2.16. The number of carbonyl (C=O) groups excluding carboxylic acids is 1. The summed E-state index contributed by atoms with van der Waals surface area (Å²) in [5.41, 5.74) is 5.72. The Labute approximate surface area is 91.2 Å². The Bertz CT molecular complexity index is 174. The Morgan fingerprint density at radius 3 is 2.43 bits per heavy atom. The normalized spacial score (nSPS) is 15.3. The lowest BCUT2D eigenvalue weighted by Crippen LogP contribution is -2.47. The first kappa shape index (κ1) is 13.8. The molecule has 0 aromatic rings. The molecule has 0 radical (unpaired) electrons. The van der Waals surface area contributed by atoms with Crippen LogP contribution >= 0.6 is 11.8 Å². The van der Waals surface area contributed by atoms with E-state index >= 15 is 0 Å². The summed E-state index contributed by atoms with van der Waals surface area (Å²) >= 11 is 1.79. The highest BCUT2D eigenvalue weighted by Gasteiger charge is 2.18. The van der Waals surface area contributed by atoms with Crippen LogP contribution in [0.3, 0.4) is 0 Å². The van der Waals surface area contributed by atoms with Gasteiger partial charge < -0.3 is 11.1 Å². The van der Waals surface area contributed by atoms with E-state index in [1.807, 2.05) is 20.8 Å². The molecule has 3 nitrogen and oxygen atoms in total. The van der Waals surface area contributed by atoms with Crippen molar-refractivity contribution in [2.45, 2.75) is 39.3 Å². The first-order valence-corrected chi connectivity index (χ1v) is 6.43. The molecule has 2 atom stereocenters. The van der Waals surface area contributed by atoms with Crippen molar-refractivity contribution >= 4 is 17.7 Å². The van der Waals surface area contributed by atoms with Gasteiger partial charge in [0.15, 0.2) is 0 Å². The van der Waals surface area contributed by atoms with Gasteiger partial charge in [-0.3, -0.25) is 4.79 Å². The molecular formula is C10H22N2OS. The highest BCUT2D eigenvalue weighted by Crippen LogP contribution is 2.02. The minimum atomic E-state index is -0.383. The summed E-state index contributed by atoms with van der Waals surface area (Å²) in [6, 6.07) is -0.161. The van der Waals surface area contributed by atoms with E-state index in [0.29, 0.717) is 0 Å². The second kappa shape index (κ2) is 7.12. The van der Waals surface area contributed by atoms with Crippen LogP contribution in [0.1, 0.15) is 27.2 Å². The molecule has 0 bridgehead atoms. The number of thioether (sulfide) groups is 1. The SMILES string of the molecule is CSCCC(C)NC(=O)[C@@H](N)C(C)C. The molecule has 3 N–H and O–H groups in total. The highest BCUT2D eigenvalue weighted by atomic mass is 32.2. The van der Waals surface area contributed by atoms with Gasteiger partial charge >= 0.3 is 0 Å². The largest absolute Gasteiger partial charge is 0.352 e. The summed E-state index contributed by atoms with van der Waals surface area (Å²) < 4.78 is 0. The van der Waals surface area contributed by atoms with Crippen LogP contribution in [0.15, 0.2) is 0 Å². The summed E-state index contributed by atoms with van der Waals surface area (Å²) in [5, 5.41) is 2.92. The van der Waals surface area contributed by atoms with Gasteiger partial charge in [-0.05, 0) is 31.3 Å². The van der Waals surface area contributed by atoms with Gasteiger partial charge in [0, 0.05) is 6.04 Å². The standard InChI is InChI=1S/C10H22N2OS/c1-7(2)9(11)10(13)12-8(3)5-6-14-4/h7-9H,5-6,11H2,1-4H3,(H,12,13)/t8?,9-/m0/s1. The maximum Gasteiger partial charge on any atom is 0.237 e. The van der Waals surface area contributed by atoms with Crippen LogP contribution in [0.2, 0.25) is 0 Å². The molecule has 0 aromatic carbocycles. The summed E-state index contributed by atoms with van der Waals surface area (Å²) in [6.07, 6.45) is 3.06. The van der Waals surface area contributed by atoms with Crippen LogP contribution in [0.5, 0.6) is 0 Å². The molecule has 14 heavy (non-hydrogen) atoms. The summed E-state index contributed by atoms with van der Waals surface area (Å²) in [7, 11) is 0. The molecule has 0 saturated carbocycles. The Morgan fingerprint density at radius 1 is 1.43 bits per heavy atom. The topological polar surface area (TPSA) is 55.1 Å². The summed E-state index contributed by atoms with van der Waals surface area (Å²) in [4.78, 5) is 11.5. The number of carbonyl (C=O) groups is 1. The third kappa shape index (κ3) is 5.50. The van der Waals surface area contributed by atoms with Crippen molar-refractivity contribution in [3.05, 3.63) is 0 Å². The molecule has 1 unspecified atom stereocenters. The molecule has 0 heterocycles. The molecule has 0 aromatic heterocycles. The van der Waals surface area contributed by atoms with E-state index in [2.05, 4.69) is 11.6 Å². The first-order valence-electron chi connectivity index (χ1n) is 5.04. The van der Waals surface area contributed by atoms with Crippen molar-refractivity contribution in [1.82, 2.24) is 5.32 Å². The van der Waals surface area contributed by atoms with Crippen LogP contribution in [0.25, 0.3) is 0 Å². The monoisotopic (exact) mass is 218 g/mol. The molecular weight excluding hydrogens is 196 g/mol. The lowest BCUT2D eigenvalue weighted by Gasteiger charge is -2.19. The number of rotatable bonds is 6. The highest BCUT2D eigenvalue weighted by molar-refractivity contribution is 7.98. The molecule has 0 aliphatic rings. The number of hydrogen-bond donors (Lipinski definition) is 2. The van der Waals surface area contributed by atoms with E-state index in [-0.39, 0.29) is 23.9 Å². The van der Waals surface area contributed by atoms with Crippen LogP contribution < -0.4 is 11.1 Å². The van der Waals surface area contributed by atoms with Gasteiger partial charge in [0.2, 0.25) is 5.91 Å². The minimum Gasteiger partial charge on any atom is -0.352 e. The van der Waals surface area contributed by atoms with Gasteiger partial charge in [-0.2, -0.15) is 11.8 Å². The van der Waals surface area contributed by atoms with Gasteiger partial charge in [0.25, 0.3) is 0 Å². The van der Waals surface area contributed by atoms with Crippen molar-refractivity contribution in [2.75, 3.05) is 12.0 Å². The van der Waals surface area contributed by atoms with Crippen LogP contribution in [0, 0.1) is 5.92 Å². The third-order valence-corrected chi connectivity index (χ3v) is 2.81. The maximum atomic E-state index is 11.5. The quantitative estimate of drug-likeness (QED) is 0.705. The number of nitrogens with two attached hydrogens (primary N) is 1.